The van der Waals surface area contributed by atoms with Crippen LogP contribution >= 0.6 is 0 Å². The Bertz CT molecular complexity index is 855. The molecule has 0 aromatic heterocycles. The van der Waals surface area contributed by atoms with Crippen molar-refractivity contribution in [1.82, 2.24) is 0 Å². The fraction of sp³-hybridized carbons (Fsp3) is 0.900. The summed E-state index contributed by atoms with van der Waals surface area (Å²) in [4.78, 5) is 39.2. The van der Waals surface area contributed by atoms with Gasteiger partial charge in [0.25, 0.3) is 0 Å². The smallest absolute Gasteiger partial charge is 0.344 e. The molecule has 0 heterocycles. The SMILES string of the molecule is CCC(C)(C)C(=O)OCC(=O)OC1(COC(=O)C23CC4CC(CC(C4)C2)C3)C2CC3CC(C2)CC1C3. The van der Waals surface area contributed by atoms with E-state index in [2.05, 4.69) is 0 Å². The molecule has 0 atom stereocenters. The van der Waals surface area contributed by atoms with Gasteiger partial charge in [0.2, 0.25) is 0 Å². The van der Waals surface area contributed by atoms with Gasteiger partial charge in [0.05, 0.1) is 10.8 Å². The molecule has 6 heteroatoms. The van der Waals surface area contributed by atoms with Crippen molar-refractivity contribution in [2.24, 2.45) is 52.3 Å². The summed E-state index contributed by atoms with van der Waals surface area (Å²) in [5.41, 5.74) is -1.71. The predicted molar refractivity (Wildman–Crippen MR) is 132 cm³/mol. The minimum absolute atomic E-state index is 0.0399. The molecule has 8 bridgehead atoms. The lowest BCUT2D eigenvalue weighted by atomic mass is 9.49. The first-order chi connectivity index (χ1) is 17.1. The van der Waals surface area contributed by atoms with Crippen LogP contribution in [0.25, 0.3) is 0 Å². The molecule has 0 N–H and O–H groups in total. The van der Waals surface area contributed by atoms with Gasteiger partial charge in [-0.3, -0.25) is 9.59 Å². The molecule has 8 saturated carbocycles. The van der Waals surface area contributed by atoms with E-state index in [1.807, 2.05) is 20.8 Å². The monoisotopic (exact) mass is 500 g/mol. The largest absolute Gasteiger partial charge is 0.461 e. The lowest BCUT2D eigenvalue weighted by molar-refractivity contribution is -0.233. The average molecular weight is 501 g/mol. The van der Waals surface area contributed by atoms with Crippen LogP contribution in [0.2, 0.25) is 0 Å². The summed E-state index contributed by atoms with van der Waals surface area (Å²) >= 11 is 0. The highest BCUT2D eigenvalue weighted by atomic mass is 16.6. The van der Waals surface area contributed by atoms with Gasteiger partial charge in [-0.1, -0.05) is 6.92 Å². The van der Waals surface area contributed by atoms with Crippen molar-refractivity contribution in [2.45, 2.75) is 103 Å². The molecule has 8 aliphatic rings. The van der Waals surface area contributed by atoms with Crippen LogP contribution < -0.4 is 0 Å². The summed E-state index contributed by atoms with van der Waals surface area (Å²) in [5, 5.41) is 0. The molecule has 8 fully saturated rings. The van der Waals surface area contributed by atoms with Gasteiger partial charge >= 0.3 is 17.9 Å². The third-order valence-corrected chi connectivity index (χ3v) is 11.5. The summed E-state index contributed by atoms with van der Waals surface area (Å²) in [6.45, 7) is 5.37. The molecule has 8 rings (SSSR count). The normalized spacial score (nSPS) is 43.9. The number of carbonyl (C=O) groups is 3. The van der Waals surface area contributed by atoms with E-state index in [-0.39, 0.29) is 42.4 Å². The number of carbonyl (C=O) groups excluding carboxylic acids is 3. The molecule has 0 amide bonds. The van der Waals surface area contributed by atoms with Crippen molar-refractivity contribution in [1.29, 1.82) is 0 Å². The Labute approximate surface area is 215 Å². The van der Waals surface area contributed by atoms with Crippen LogP contribution in [0.15, 0.2) is 0 Å². The molecule has 200 valence electrons. The van der Waals surface area contributed by atoms with Crippen LogP contribution in [0.4, 0.5) is 0 Å². The zero-order valence-corrected chi connectivity index (χ0v) is 22.4. The molecular formula is C30H44O6. The first-order valence-electron chi connectivity index (χ1n) is 14.7. The van der Waals surface area contributed by atoms with Crippen LogP contribution in [0, 0.1) is 52.3 Å². The van der Waals surface area contributed by atoms with Crippen LogP contribution in [0.5, 0.6) is 0 Å². The molecular weight excluding hydrogens is 456 g/mol. The molecule has 6 nitrogen and oxygen atoms in total. The Hall–Kier alpha value is -1.59. The highest BCUT2D eigenvalue weighted by molar-refractivity contribution is 5.80. The van der Waals surface area contributed by atoms with Crippen LogP contribution in [-0.4, -0.2) is 36.7 Å². The summed E-state index contributed by atoms with van der Waals surface area (Å²) < 4.78 is 17.9. The van der Waals surface area contributed by atoms with Crippen molar-refractivity contribution in [3.8, 4) is 0 Å². The maximum absolute atomic E-state index is 13.7. The first-order valence-corrected chi connectivity index (χ1v) is 14.7. The van der Waals surface area contributed by atoms with Gasteiger partial charge in [-0.25, -0.2) is 4.79 Å². The number of hydrogen-bond donors (Lipinski definition) is 0. The topological polar surface area (TPSA) is 78.9 Å². The van der Waals surface area contributed by atoms with Crippen LogP contribution in [0.3, 0.4) is 0 Å². The van der Waals surface area contributed by atoms with Gasteiger partial charge in [-0.15, -0.1) is 0 Å². The number of esters is 3. The van der Waals surface area contributed by atoms with E-state index in [4.69, 9.17) is 14.2 Å². The molecule has 0 aromatic rings. The molecule has 0 radical (unpaired) electrons. The fourth-order valence-corrected chi connectivity index (χ4v) is 9.81. The van der Waals surface area contributed by atoms with E-state index in [9.17, 15) is 14.4 Å². The summed E-state index contributed by atoms with van der Waals surface area (Å²) in [6, 6.07) is 0. The third-order valence-electron chi connectivity index (χ3n) is 11.5. The van der Waals surface area contributed by atoms with E-state index in [1.54, 1.807) is 0 Å². The second-order valence-electron chi connectivity index (χ2n) is 14.3. The molecule has 0 unspecified atom stereocenters. The Morgan fingerprint density at radius 3 is 1.75 bits per heavy atom. The number of hydrogen-bond acceptors (Lipinski definition) is 6. The highest BCUT2D eigenvalue weighted by Gasteiger charge is 2.61. The van der Waals surface area contributed by atoms with E-state index < -0.39 is 17.0 Å². The second kappa shape index (κ2) is 8.73. The van der Waals surface area contributed by atoms with Gasteiger partial charge in [0.1, 0.15) is 6.61 Å². The highest BCUT2D eigenvalue weighted by Crippen LogP contribution is 2.62. The molecule has 0 saturated heterocycles. The predicted octanol–water partition coefficient (Wildman–Crippen LogP) is 5.46. The summed E-state index contributed by atoms with van der Waals surface area (Å²) in [5.74, 6) is 2.96. The second-order valence-corrected chi connectivity index (χ2v) is 14.3. The van der Waals surface area contributed by atoms with Gasteiger partial charge < -0.3 is 14.2 Å². The Morgan fingerprint density at radius 1 is 0.750 bits per heavy atom. The van der Waals surface area contributed by atoms with E-state index >= 15 is 0 Å². The zero-order valence-electron chi connectivity index (χ0n) is 22.4. The Balaban J connectivity index is 1.16. The Kier molecular flexibility index (Phi) is 6.00. The average Bonchev–Trinajstić information content (AvgIpc) is 2.82. The lowest BCUT2D eigenvalue weighted by Crippen LogP contribution is -2.63. The molecule has 0 spiro atoms. The molecule has 0 aliphatic heterocycles. The van der Waals surface area contributed by atoms with Gasteiger partial charge in [0, 0.05) is 11.8 Å². The summed E-state index contributed by atoms with van der Waals surface area (Å²) in [6.07, 6.45) is 12.9. The van der Waals surface area contributed by atoms with E-state index in [0.29, 0.717) is 36.0 Å². The maximum atomic E-state index is 13.7. The van der Waals surface area contributed by atoms with Crippen molar-refractivity contribution < 1.29 is 28.6 Å². The number of rotatable bonds is 8. The van der Waals surface area contributed by atoms with E-state index in [1.165, 1.54) is 25.7 Å². The Morgan fingerprint density at radius 2 is 1.25 bits per heavy atom. The van der Waals surface area contributed by atoms with Crippen molar-refractivity contribution in [3.05, 3.63) is 0 Å². The van der Waals surface area contributed by atoms with Gasteiger partial charge in [-0.2, -0.15) is 0 Å². The lowest BCUT2D eigenvalue weighted by Gasteiger charge is -2.60. The fourth-order valence-electron chi connectivity index (χ4n) is 9.81. The zero-order chi connectivity index (χ0) is 25.3. The van der Waals surface area contributed by atoms with Crippen molar-refractivity contribution >= 4 is 17.9 Å². The minimum Gasteiger partial charge on any atom is -0.461 e. The summed E-state index contributed by atoms with van der Waals surface area (Å²) in [7, 11) is 0. The quantitative estimate of drug-likeness (QED) is 0.325. The minimum atomic E-state index is -0.769. The first kappa shape index (κ1) is 24.7. The molecule has 8 aliphatic carbocycles. The standard InChI is InChI=1S/C30H44O6/c1-4-28(2,3)26(32)34-16-25(31)36-30(23-9-18-5-19(11-23)12-24(30)10-18)17-35-27(33)29-13-20-6-21(14-29)8-22(7-20)15-29/h18-24H,4-17H2,1-3H3. The third kappa shape index (κ3) is 4.09. The van der Waals surface area contributed by atoms with Crippen LogP contribution in [-0.2, 0) is 28.6 Å². The van der Waals surface area contributed by atoms with Crippen molar-refractivity contribution in [2.75, 3.05) is 13.2 Å². The molecule has 36 heavy (non-hydrogen) atoms. The van der Waals surface area contributed by atoms with Crippen molar-refractivity contribution in [3.63, 3.8) is 0 Å². The van der Waals surface area contributed by atoms with Gasteiger partial charge in [0.15, 0.2) is 12.2 Å². The van der Waals surface area contributed by atoms with E-state index in [0.717, 1.165) is 44.9 Å². The number of ether oxygens (including phenoxy) is 3. The maximum Gasteiger partial charge on any atom is 0.344 e. The molecule has 0 aromatic carbocycles. The van der Waals surface area contributed by atoms with Crippen LogP contribution in [0.1, 0.15) is 97.8 Å². The van der Waals surface area contributed by atoms with Gasteiger partial charge in [-0.05, 0) is 120 Å².